The predicted octanol–water partition coefficient (Wildman–Crippen LogP) is 2.74. The lowest BCUT2D eigenvalue weighted by Gasteiger charge is -2.31. The fourth-order valence-corrected chi connectivity index (χ4v) is 3.19. The second-order valence-corrected chi connectivity index (χ2v) is 6.23. The van der Waals surface area contributed by atoms with Gasteiger partial charge in [-0.1, -0.05) is 32.0 Å². The number of hydrogen-bond donors (Lipinski definition) is 2. The summed E-state index contributed by atoms with van der Waals surface area (Å²) >= 11 is 0. The first-order chi connectivity index (χ1) is 10.1. The third-order valence-corrected chi connectivity index (χ3v) is 4.93. The summed E-state index contributed by atoms with van der Waals surface area (Å²) in [5.41, 5.74) is 9.61. The Balaban J connectivity index is 2.02. The molecule has 0 bridgehead atoms. The minimum absolute atomic E-state index is 0.0832. The molecule has 3 N–H and O–H groups in total. The molecule has 1 aliphatic carbocycles. The average Bonchev–Trinajstić information content (AvgIpc) is 2.52. The lowest BCUT2D eigenvalue weighted by Crippen LogP contribution is -2.53. The van der Waals surface area contributed by atoms with Crippen molar-refractivity contribution >= 4 is 5.91 Å². The van der Waals surface area contributed by atoms with E-state index in [1.54, 1.807) is 0 Å². The third-order valence-electron chi connectivity index (χ3n) is 4.93. The second-order valence-electron chi connectivity index (χ2n) is 6.23. The van der Waals surface area contributed by atoms with Gasteiger partial charge in [-0.2, -0.15) is 0 Å². The summed E-state index contributed by atoms with van der Waals surface area (Å²) in [6, 6.07) is 6.52. The Kier molecular flexibility index (Phi) is 5.40. The van der Waals surface area contributed by atoms with Crippen LogP contribution in [0.5, 0.6) is 0 Å². The Morgan fingerprint density at radius 1 is 1.19 bits per heavy atom. The van der Waals surface area contributed by atoms with Crippen molar-refractivity contribution in [3.05, 3.63) is 34.9 Å². The number of carbonyl (C=O) groups excluding carboxylic acids is 1. The molecule has 0 aliphatic heterocycles. The molecule has 0 saturated carbocycles. The van der Waals surface area contributed by atoms with Crippen molar-refractivity contribution in [2.45, 2.75) is 64.3 Å². The molecule has 1 aromatic carbocycles. The van der Waals surface area contributed by atoms with E-state index in [9.17, 15) is 4.79 Å². The molecule has 0 radical (unpaired) electrons. The lowest BCUT2D eigenvalue weighted by molar-refractivity contribution is -0.122. The number of nitrogens with one attached hydrogen (secondary N) is 1. The van der Waals surface area contributed by atoms with E-state index in [0.29, 0.717) is 13.0 Å². The molecule has 0 spiro atoms. The first kappa shape index (κ1) is 16.0. The topological polar surface area (TPSA) is 55.1 Å². The van der Waals surface area contributed by atoms with Crippen LogP contribution >= 0.6 is 0 Å². The van der Waals surface area contributed by atoms with Crippen molar-refractivity contribution in [1.29, 1.82) is 0 Å². The van der Waals surface area contributed by atoms with E-state index < -0.39 is 0 Å². The van der Waals surface area contributed by atoms with E-state index >= 15 is 0 Å². The van der Waals surface area contributed by atoms with E-state index in [0.717, 1.165) is 24.8 Å². The Bertz CT molecular complexity index is 484. The molecule has 0 fully saturated rings. The third kappa shape index (κ3) is 3.85. The first-order valence-corrected chi connectivity index (χ1v) is 8.24. The monoisotopic (exact) mass is 288 g/mol. The summed E-state index contributed by atoms with van der Waals surface area (Å²) in [4.78, 5) is 12.3. The van der Waals surface area contributed by atoms with Gasteiger partial charge in [0, 0.05) is 6.54 Å². The molecule has 1 aliphatic rings. The van der Waals surface area contributed by atoms with Crippen molar-refractivity contribution in [3.63, 3.8) is 0 Å². The van der Waals surface area contributed by atoms with Gasteiger partial charge in [-0.05, 0) is 55.2 Å². The Morgan fingerprint density at radius 2 is 1.86 bits per heavy atom. The smallest absolute Gasteiger partial charge is 0.224 e. The van der Waals surface area contributed by atoms with Crippen LogP contribution in [0.2, 0.25) is 0 Å². The van der Waals surface area contributed by atoms with Crippen molar-refractivity contribution in [3.8, 4) is 0 Å². The van der Waals surface area contributed by atoms with Gasteiger partial charge in [-0.15, -0.1) is 0 Å². The maximum atomic E-state index is 12.3. The van der Waals surface area contributed by atoms with E-state index in [4.69, 9.17) is 5.73 Å². The van der Waals surface area contributed by atoms with Crippen molar-refractivity contribution in [2.24, 2.45) is 5.73 Å². The first-order valence-electron chi connectivity index (χ1n) is 8.24. The lowest BCUT2D eigenvalue weighted by atomic mass is 9.89. The van der Waals surface area contributed by atoms with Gasteiger partial charge in [0.25, 0.3) is 0 Å². The number of nitrogens with two attached hydrogens (primary N) is 1. The molecule has 116 valence electrons. The van der Waals surface area contributed by atoms with Crippen molar-refractivity contribution in [1.82, 2.24) is 5.32 Å². The minimum Gasteiger partial charge on any atom is -0.349 e. The maximum Gasteiger partial charge on any atom is 0.224 e. The van der Waals surface area contributed by atoms with Gasteiger partial charge >= 0.3 is 0 Å². The Hall–Kier alpha value is -1.35. The zero-order chi connectivity index (χ0) is 15.3. The summed E-state index contributed by atoms with van der Waals surface area (Å²) in [7, 11) is 0. The quantitative estimate of drug-likeness (QED) is 0.845. The molecule has 1 amide bonds. The molecule has 0 atom stereocenters. The molecule has 21 heavy (non-hydrogen) atoms. The van der Waals surface area contributed by atoms with E-state index in [2.05, 4.69) is 37.4 Å². The Morgan fingerprint density at radius 3 is 2.48 bits per heavy atom. The normalized spacial score (nSPS) is 14.6. The highest BCUT2D eigenvalue weighted by Crippen LogP contribution is 2.22. The molecule has 0 saturated heterocycles. The van der Waals surface area contributed by atoms with Crippen LogP contribution in [-0.2, 0) is 24.1 Å². The Labute approximate surface area is 128 Å². The standard InChI is InChI=1S/C18H28N2O/c1-3-18(4-2,13-19)20-17(21)12-14-9-10-15-7-5-6-8-16(15)11-14/h9-11H,3-8,12-13,19H2,1-2H3,(H,20,21). The molecule has 3 heteroatoms. The van der Waals surface area contributed by atoms with Gasteiger partial charge in [0.15, 0.2) is 0 Å². The van der Waals surface area contributed by atoms with E-state index in [-0.39, 0.29) is 11.4 Å². The summed E-state index contributed by atoms with van der Waals surface area (Å²) in [5, 5.41) is 3.14. The fraction of sp³-hybridized carbons (Fsp3) is 0.611. The minimum atomic E-state index is -0.245. The maximum absolute atomic E-state index is 12.3. The van der Waals surface area contributed by atoms with Gasteiger partial charge in [-0.25, -0.2) is 0 Å². The number of amides is 1. The number of benzene rings is 1. The number of hydrogen-bond acceptors (Lipinski definition) is 2. The van der Waals surface area contributed by atoms with Gasteiger partial charge in [0.05, 0.1) is 12.0 Å². The number of aryl methyl sites for hydroxylation is 2. The number of rotatable bonds is 6. The zero-order valence-electron chi connectivity index (χ0n) is 13.4. The molecular weight excluding hydrogens is 260 g/mol. The average molecular weight is 288 g/mol. The van der Waals surface area contributed by atoms with Crippen LogP contribution in [0.3, 0.4) is 0 Å². The molecule has 1 aromatic rings. The highest BCUT2D eigenvalue weighted by atomic mass is 16.1. The van der Waals surface area contributed by atoms with Gasteiger partial charge in [0.1, 0.15) is 0 Å². The van der Waals surface area contributed by atoms with Crippen LogP contribution in [-0.4, -0.2) is 18.0 Å². The van der Waals surface area contributed by atoms with Gasteiger partial charge in [0.2, 0.25) is 5.91 Å². The molecular formula is C18H28N2O. The summed E-state index contributed by atoms with van der Waals surface area (Å²) < 4.78 is 0. The predicted molar refractivity (Wildman–Crippen MR) is 87.3 cm³/mol. The van der Waals surface area contributed by atoms with E-state index in [1.807, 2.05) is 0 Å². The van der Waals surface area contributed by atoms with Crippen LogP contribution in [0.15, 0.2) is 18.2 Å². The van der Waals surface area contributed by atoms with Gasteiger partial charge < -0.3 is 11.1 Å². The molecule has 2 rings (SSSR count). The fourth-order valence-electron chi connectivity index (χ4n) is 3.19. The largest absolute Gasteiger partial charge is 0.349 e. The molecule has 3 nitrogen and oxygen atoms in total. The zero-order valence-corrected chi connectivity index (χ0v) is 13.4. The van der Waals surface area contributed by atoms with Crippen LogP contribution < -0.4 is 11.1 Å². The highest BCUT2D eigenvalue weighted by Gasteiger charge is 2.26. The van der Waals surface area contributed by atoms with Crippen molar-refractivity contribution in [2.75, 3.05) is 6.54 Å². The molecule has 0 aromatic heterocycles. The molecule has 0 unspecified atom stereocenters. The van der Waals surface area contributed by atoms with Crippen LogP contribution in [0, 0.1) is 0 Å². The summed E-state index contributed by atoms with van der Waals surface area (Å²) in [6.07, 6.45) is 7.09. The summed E-state index contributed by atoms with van der Waals surface area (Å²) in [6.45, 7) is 4.65. The second kappa shape index (κ2) is 7.08. The van der Waals surface area contributed by atoms with E-state index in [1.165, 1.54) is 30.4 Å². The summed E-state index contributed by atoms with van der Waals surface area (Å²) in [5.74, 6) is 0.0832. The van der Waals surface area contributed by atoms with Crippen LogP contribution in [0.4, 0.5) is 0 Å². The SMILES string of the molecule is CCC(CC)(CN)NC(=O)Cc1ccc2c(c1)CCCC2. The van der Waals surface area contributed by atoms with Crippen LogP contribution in [0.25, 0.3) is 0 Å². The van der Waals surface area contributed by atoms with Crippen LogP contribution in [0.1, 0.15) is 56.2 Å². The van der Waals surface area contributed by atoms with Crippen molar-refractivity contribution < 1.29 is 4.79 Å². The number of carbonyl (C=O) groups is 1. The van der Waals surface area contributed by atoms with Gasteiger partial charge in [-0.3, -0.25) is 4.79 Å². The highest BCUT2D eigenvalue weighted by molar-refractivity contribution is 5.79. The number of fused-ring (bicyclic) bond motifs is 1. The molecule has 0 heterocycles.